The van der Waals surface area contributed by atoms with Gasteiger partial charge in [-0.05, 0) is 64.8 Å². The lowest BCUT2D eigenvalue weighted by Gasteiger charge is -2.39. The predicted molar refractivity (Wildman–Crippen MR) is 169 cm³/mol. The Morgan fingerprint density at radius 1 is 0.905 bits per heavy atom. The van der Waals surface area contributed by atoms with Crippen molar-refractivity contribution in [3.63, 3.8) is 0 Å². The monoisotopic (exact) mass is 603 g/mol. The van der Waals surface area contributed by atoms with E-state index in [-0.39, 0.29) is 28.9 Å². The fraction of sp³-hybridized carbons (Fsp3) is 0.500. The predicted octanol–water partition coefficient (Wildman–Crippen LogP) is 6.18. The summed E-state index contributed by atoms with van der Waals surface area (Å²) >= 11 is 3.04. The minimum atomic E-state index is -0.739. The van der Waals surface area contributed by atoms with Crippen LogP contribution in [0.1, 0.15) is 83.2 Å². The molecule has 1 aromatic carbocycles. The number of Topliss-reactive ketones (excluding diaryl/α,β-unsaturated/α-hetero) is 1. The molecule has 2 aliphatic heterocycles. The quantitative estimate of drug-likeness (QED) is 0.342. The number of rotatable bonds is 6. The molecule has 4 heterocycles. The second-order valence-corrected chi connectivity index (χ2v) is 15.0. The van der Waals surface area contributed by atoms with Gasteiger partial charge < -0.3 is 15.1 Å². The van der Waals surface area contributed by atoms with E-state index in [2.05, 4.69) is 63.3 Å². The van der Waals surface area contributed by atoms with E-state index >= 15 is 0 Å². The Morgan fingerprint density at radius 3 is 2.17 bits per heavy atom. The van der Waals surface area contributed by atoms with Crippen LogP contribution in [-0.2, 0) is 15.0 Å². The largest absolute Gasteiger partial charge is 0.338 e. The molecule has 0 bridgehead atoms. The molecule has 1 aliphatic carbocycles. The molecule has 1 N–H and O–H groups in total. The number of carbonyl (C=O) groups is 3. The van der Waals surface area contributed by atoms with Gasteiger partial charge in [-0.3, -0.25) is 14.4 Å². The summed E-state index contributed by atoms with van der Waals surface area (Å²) in [6.45, 7) is 11.3. The number of aryl methyl sites for hydroxylation is 1. The van der Waals surface area contributed by atoms with Crippen LogP contribution in [-0.4, -0.2) is 59.6 Å². The lowest BCUT2D eigenvalue weighted by Crippen LogP contribution is -2.56. The van der Waals surface area contributed by atoms with Crippen molar-refractivity contribution in [2.75, 3.05) is 26.2 Å². The third-order valence-electron chi connectivity index (χ3n) is 9.46. The van der Waals surface area contributed by atoms with Gasteiger partial charge in [0.2, 0.25) is 11.8 Å². The smallest absolute Gasteiger partial charge is 0.246 e. The van der Waals surface area contributed by atoms with E-state index in [4.69, 9.17) is 0 Å². The van der Waals surface area contributed by atoms with Crippen LogP contribution < -0.4 is 5.32 Å². The van der Waals surface area contributed by atoms with Crippen LogP contribution in [0.3, 0.4) is 0 Å². The molecule has 0 spiro atoms. The highest BCUT2D eigenvalue weighted by atomic mass is 32.1. The molecule has 3 fully saturated rings. The summed E-state index contributed by atoms with van der Waals surface area (Å²) in [5.74, 6) is -1.09. The summed E-state index contributed by atoms with van der Waals surface area (Å²) in [4.78, 5) is 49.4. The van der Waals surface area contributed by atoms with E-state index < -0.39 is 23.9 Å². The molecule has 222 valence electrons. The van der Waals surface area contributed by atoms with Crippen LogP contribution in [0.4, 0.5) is 0 Å². The summed E-state index contributed by atoms with van der Waals surface area (Å²) < 4.78 is 0. The zero-order valence-electron chi connectivity index (χ0n) is 25.0. The van der Waals surface area contributed by atoms with Crippen molar-refractivity contribution < 1.29 is 14.4 Å². The average Bonchev–Trinajstić information content (AvgIpc) is 3.70. The number of nitrogens with one attached hydrogen (secondary N) is 1. The fourth-order valence-corrected chi connectivity index (χ4v) is 8.64. The number of hydrogen-bond acceptors (Lipinski definition) is 6. The second kappa shape index (κ2) is 11.7. The molecule has 2 aromatic heterocycles. The third-order valence-corrected chi connectivity index (χ3v) is 11.4. The Balaban J connectivity index is 1.56. The van der Waals surface area contributed by atoms with Crippen molar-refractivity contribution in [1.82, 2.24) is 15.1 Å². The standard InChI is InChI=1S/C34H41N3O3S2/c1-21-14-20-42-31(21)28-27(30(38)25-9-6-19-41-25)26(22-10-12-24(13-11-22)34(2,3)4)29(33(40)36-17-15-35-16-18-36)37(28)32(39)23-7-5-8-23/h6,9-14,19-20,23,26-29,35H,5,7-8,15-18H2,1-4H3. The van der Waals surface area contributed by atoms with Crippen molar-refractivity contribution in [2.24, 2.45) is 11.8 Å². The highest BCUT2D eigenvalue weighted by Gasteiger charge is 2.59. The van der Waals surface area contributed by atoms with Gasteiger partial charge in [0.05, 0.1) is 16.8 Å². The van der Waals surface area contributed by atoms with Crippen molar-refractivity contribution in [2.45, 2.75) is 70.4 Å². The Morgan fingerprint density at radius 2 is 1.62 bits per heavy atom. The number of amides is 2. The lowest BCUT2D eigenvalue weighted by molar-refractivity contribution is -0.150. The van der Waals surface area contributed by atoms with E-state index in [0.717, 1.165) is 48.4 Å². The molecule has 2 amide bonds. The van der Waals surface area contributed by atoms with Gasteiger partial charge in [-0.1, -0.05) is 57.5 Å². The van der Waals surface area contributed by atoms with Crippen molar-refractivity contribution in [1.29, 1.82) is 0 Å². The Kier molecular flexibility index (Phi) is 8.15. The van der Waals surface area contributed by atoms with Gasteiger partial charge in [0, 0.05) is 42.9 Å². The van der Waals surface area contributed by atoms with Crippen LogP contribution in [0.15, 0.2) is 53.2 Å². The summed E-state index contributed by atoms with van der Waals surface area (Å²) in [5, 5.41) is 7.33. The summed E-state index contributed by atoms with van der Waals surface area (Å²) in [6.07, 6.45) is 2.71. The highest BCUT2D eigenvalue weighted by molar-refractivity contribution is 7.12. The van der Waals surface area contributed by atoms with Gasteiger partial charge in [-0.25, -0.2) is 0 Å². The summed E-state index contributed by atoms with van der Waals surface area (Å²) in [5.41, 5.74) is 3.19. The minimum absolute atomic E-state index is 0.0229. The Labute approximate surface area is 257 Å². The van der Waals surface area contributed by atoms with Gasteiger partial charge in [0.1, 0.15) is 6.04 Å². The van der Waals surface area contributed by atoms with Crippen LogP contribution in [0.25, 0.3) is 0 Å². The van der Waals surface area contributed by atoms with Gasteiger partial charge in [0.15, 0.2) is 5.78 Å². The van der Waals surface area contributed by atoms with Crippen molar-refractivity contribution in [3.8, 4) is 0 Å². The molecule has 8 heteroatoms. The molecule has 6 nitrogen and oxygen atoms in total. The first-order chi connectivity index (χ1) is 20.2. The maximum Gasteiger partial charge on any atom is 0.246 e. The zero-order valence-corrected chi connectivity index (χ0v) is 26.6. The normalized spacial score (nSPS) is 25.0. The highest BCUT2D eigenvalue weighted by Crippen LogP contribution is 2.54. The van der Waals surface area contributed by atoms with Gasteiger partial charge >= 0.3 is 0 Å². The van der Waals surface area contributed by atoms with Crippen molar-refractivity contribution >= 4 is 40.3 Å². The van der Waals surface area contributed by atoms with E-state index in [0.29, 0.717) is 18.0 Å². The number of piperazine rings is 1. The second-order valence-electron chi connectivity index (χ2n) is 13.1. The molecule has 3 aliphatic rings. The summed E-state index contributed by atoms with van der Waals surface area (Å²) in [6, 6.07) is 13.1. The first-order valence-corrected chi connectivity index (χ1v) is 17.0. The minimum Gasteiger partial charge on any atom is -0.338 e. The third kappa shape index (κ3) is 5.26. The molecule has 4 atom stereocenters. The number of likely N-dealkylation sites (tertiary alicyclic amines) is 1. The van der Waals surface area contributed by atoms with E-state index in [9.17, 15) is 14.4 Å². The summed E-state index contributed by atoms with van der Waals surface area (Å²) in [7, 11) is 0. The molecular formula is C34H41N3O3S2. The number of nitrogens with zero attached hydrogens (tertiary/aromatic N) is 2. The molecule has 0 radical (unpaired) electrons. The molecule has 42 heavy (non-hydrogen) atoms. The van der Waals surface area contributed by atoms with Crippen molar-refractivity contribution in [3.05, 3.63) is 79.7 Å². The SMILES string of the molecule is Cc1ccsc1C1C(C(=O)c2cccs2)C(c2ccc(C(C)(C)C)cc2)C(C(=O)N2CCNCC2)N1C(=O)C1CCC1. The first-order valence-electron chi connectivity index (χ1n) is 15.2. The number of thiophene rings is 2. The maximum absolute atomic E-state index is 14.7. The van der Waals surface area contributed by atoms with Crippen LogP contribution in [0, 0.1) is 18.8 Å². The first kappa shape index (κ1) is 29.3. The number of benzene rings is 1. The molecule has 6 rings (SSSR count). The van der Waals surface area contributed by atoms with E-state index in [1.807, 2.05) is 32.7 Å². The van der Waals surface area contributed by atoms with Crippen LogP contribution in [0.5, 0.6) is 0 Å². The number of hydrogen-bond donors (Lipinski definition) is 1. The average molecular weight is 604 g/mol. The van der Waals surface area contributed by atoms with Gasteiger partial charge in [0.25, 0.3) is 0 Å². The van der Waals surface area contributed by atoms with Gasteiger partial charge in [-0.15, -0.1) is 22.7 Å². The fourth-order valence-electron chi connectivity index (χ4n) is 6.86. The molecule has 4 unspecified atom stereocenters. The van der Waals surface area contributed by atoms with E-state index in [1.54, 1.807) is 11.3 Å². The molecule has 3 aromatic rings. The number of carbonyl (C=O) groups excluding carboxylic acids is 3. The molecular weight excluding hydrogens is 563 g/mol. The Bertz CT molecular complexity index is 1430. The van der Waals surface area contributed by atoms with E-state index in [1.165, 1.54) is 16.9 Å². The van der Waals surface area contributed by atoms with Crippen LogP contribution in [0.2, 0.25) is 0 Å². The molecule has 2 saturated heterocycles. The number of ketones is 1. The topological polar surface area (TPSA) is 69.7 Å². The Hall–Kier alpha value is -2.81. The van der Waals surface area contributed by atoms with Crippen LogP contribution >= 0.6 is 22.7 Å². The lowest BCUT2D eigenvalue weighted by atomic mass is 9.77. The molecule has 1 saturated carbocycles. The van der Waals surface area contributed by atoms with Gasteiger partial charge in [-0.2, -0.15) is 0 Å². The zero-order chi connectivity index (χ0) is 29.6. The maximum atomic E-state index is 14.7.